The number of hydrogen-bond acceptors (Lipinski definition) is 5. The van der Waals surface area contributed by atoms with Crippen LogP contribution in [0.3, 0.4) is 0 Å². The summed E-state index contributed by atoms with van der Waals surface area (Å²) >= 11 is 1.44. The first-order chi connectivity index (χ1) is 9.98. The van der Waals surface area contributed by atoms with Crippen molar-refractivity contribution in [3.63, 3.8) is 0 Å². The molecule has 1 aliphatic carbocycles. The third-order valence-electron chi connectivity index (χ3n) is 4.20. The van der Waals surface area contributed by atoms with Crippen LogP contribution in [0.15, 0.2) is 18.3 Å². The SMILES string of the molecule is CC(C)(C)c1nnsc1C(N)C1CCCc2cccnc21. The highest BCUT2D eigenvalue weighted by molar-refractivity contribution is 7.05. The van der Waals surface area contributed by atoms with Gasteiger partial charge in [0.15, 0.2) is 0 Å². The number of hydrogen-bond donors (Lipinski definition) is 1. The maximum absolute atomic E-state index is 6.62. The standard InChI is InChI=1S/C16H22N4S/c1-16(2,3)15-14(21-20-19-15)12(17)11-8-4-6-10-7-5-9-18-13(10)11/h5,7,9,11-12H,4,6,8,17H2,1-3H3. The molecule has 21 heavy (non-hydrogen) atoms. The molecule has 2 atom stereocenters. The first kappa shape index (κ1) is 14.6. The van der Waals surface area contributed by atoms with E-state index in [1.54, 1.807) is 0 Å². The molecule has 0 aliphatic heterocycles. The summed E-state index contributed by atoms with van der Waals surface area (Å²) in [5.74, 6) is 0.276. The molecule has 0 fully saturated rings. The Morgan fingerprint density at radius 1 is 1.38 bits per heavy atom. The number of nitrogens with zero attached hydrogens (tertiary/aromatic N) is 3. The lowest BCUT2D eigenvalue weighted by Gasteiger charge is -2.29. The lowest BCUT2D eigenvalue weighted by molar-refractivity contribution is 0.456. The summed E-state index contributed by atoms with van der Waals surface area (Å²) in [6.07, 6.45) is 5.25. The van der Waals surface area contributed by atoms with Gasteiger partial charge in [-0.3, -0.25) is 4.98 Å². The van der Waals surface area contributed by atoms with Crippen LogP contribution in [-0.4, -0.2) is 14.6 Å². The Hall–Kier alpha value is -1.33. The zero-order chi connectivity index (χ0) is 15.0. The van der Waals surface area contributed by atoms with Gasteiger partial charge < -0.3 is 5.73 Å². The second-order valence-electron chi connectivity index (χ2n) is 6.81. The fourth-order valence-electron chi connectivity index (χ4n) is 3.11. The fourth-order valence-corrected chi connectivity index (χ4v) is 4.04. The van der Waals surface area contributed by atoms with E-state index in [-0.39, 0.29) is 17.4 Å². The van der Waals surface area contributed by atoms with Gasteiger partial charge in [-0.2, -0.15) is 0 Å². The summed E-state index contributed by atoms with van der Waals surface area (Å²) in [6.45, 7) is 6.48. The van der Waals surface area contributed by atoms with Crippen molar-refractivity contribution >= 4 is 11.5 Å². The van der Waals surface area contributed by atoms with E-state index in [9.17, 15) is 0 Å². The number of rotatable bonds is 2. The highest BCUT2D eigenvalue weighted by Crippen LogP contribution is 2.41. The normalized spacial score (nSPS) is 20.1. The zero-order valence-corrected chi connectivity index (χ0v) is 13.7. The first-order valence-corrected chi connectivity index (χ1v) is 8.28. The van der Waals surface area contributed by atoms with Gasteiger partial charge >= 0.3 is 0 Å². The van der Waals surface area contributed by atoms with Crippen LogP contribution >= 0.6 is 11.5 Å². The Labute approximate surface area is 130 Å². The molecule has 0 radical (unpaired) electrons. The molecule has 4 nitrogen and oxygen atoms in total. The van der Waals surface area contributed by atoms with Gasteiger partial charge in [-0.15, -0.1) is 5.10 Å². The highest BCUT2D eigenvalue weighted by atomic mass is 32.1. The molecule has 2 aromatic heterocycles. The van der Waals surface area contributed by atoms with Crippen molar-refractivity contribution in [1.29, 1.82) is 0 Å². The molecule has 2 heterocycles. The van der Waals surface area contributed by atoms with Crippen molar-refractivity contribution in [2.75, 3.05) is 0 Å². The van der Waals surface area contributed by atoms with Crippen molar-refractivity contribution in [2.45, 2.75) is 57.4 Å². The monoisotopic (exact) mass is 302 g/mol. The van der Waals surface area contributed by atoms with E-state index in [0.29, 0.717) is 0 Å². The topological polar surface area (TPSA) is 64.7 Å². The van der Waals surface area contributed by atoms with Crippen LogP contribution in [0.4, 0.5) is 0 Å². The summed E-state index contributed by atoms with van der Waals surface area (Å²) < 4.78 is 4.15. The van der Waals surface area contributed by atoms with Gasteiger partial charge in [-0.05, 0) is 42.4 Å². The van der Waals surface area contributed by atoms with Gasteiger partial charge in [0, 0.05) is 23.2 Å². The largest absolute Gasteiger partial charge is 0.323 e. The minimum atomic E-state index is -0.0619. The van der Waals surface area contributed by atoms with E-state index < -0.39 is 0 Å². The average molecular weight is 302 g/mol. The number of aryl methyl sites for hydroxylation is 1. The van der Waals surface area contributed by atoms with Crippen molar-refractivity contribution in [1.82, 2.24) is 14.6 Å². The zero-order valence-electron chi connectivity index (χ0n) is 12.8. The number of pyridine rings is 1. The van der Waals surface area contributed by atoms with Crippen LogP contribution in [0.25, 0.3) is 0 Å². The number of aromatic nitrogens is 3. The van der Waals surface area contributed by atoms with Crippen molar-refractivity contribution < 1.29 is 0 Å². The third-order valence-corrected chi connectivity index (χ3v) is 5.02. The molecule has 2 aromatic rings. The summed E-state index contributed by atoms with van der Waals surface area (Å²) in [5.41, 5.74) is 10.1. The molecule has 0 saturated heterocycles. The van der Waals surface area contributed by atoms with E-state index in [4.69, 9.17) is 5.73 Å². The van der Waals surface area contributed by atoms with Crippen molar-refractivity contribution in [3.8, 4) is 0 Å². The van der Waals surface area contributed by atoms with Gasteiger partial charge in [0.1, 0.15) is 0 Å². The van der Waals surface area contributed by atoms with Gasteiger partial charge in [0.05, 0.1) is 16.6 Å². The molecule has 112 valence electrons. The molecule has 1 aliphatic rings. The molecule has 5 heteroatoms. The molecule has 0 bridgehead atoms. The van der Waals surface area contributed by atoms with Crippen LogP contribution in [0.1, 0.15) is 67.4 Å². The lowest BCUT2D eigenvalue weighted by Crippen LogP contribution is -2.26. The Morgan fingerprint density at radius 3 is 2.95 bits per heavy atom. The van der Waals surface area contributed by atoms with Crippen LogP contribution < -0.4 is 5.73 Å². The molecule has 0 spiro atoms. The van der Waals surface area contributed by atoms with E-state index >= 15 is 0 Å². The van der Waals surface area contributed by atoms with Crippen molar-refractivity contribution in [3.05, 3.63) is 40.2 Å². The van der Waals surface area contributed by atoms with E-state index in [1.165, 1.54) is 29.2 Å². The molecule has 3 rings (SSSR count). The molecule has 0 amide bonds. The van der Waals surface area contributed by atoms with E-state index in [1.807, 2.05) is 12.3 Å². The molecule has 0 saturated carbocycles. The smallest absolute Gasteiger partial charge is 0.0857 e. The van der Waals surface area contributed by atoms with Gasteiger partial charge in [0.25, 0.3) is 0 Å². The average Bonchev–Trinajstić information content (AvgIpc) is 2.95. The Morgan fingerprint density at radius 2 is 2.19 bits per heavy atom. The number of fused-ring (bicyclic) bond motifs is 1. The quantitative estimate of drug-likeness (QED) is 0.924. The molecular formula is C16H22N4S. The Kier molecular flexibility index (Phi) is 3.80. The fraction of sp³-hybridized carbons (Fsp3) is 0.562. The molecule has 2 N–H and O–H groups in total. The summed E-state index contributed by atoms with van der Waals surface area (Å²) in [7, 11) is 0. The van der Waals surface area contributed by atoms with Gasteiger partial charge in [-0.1, -0.05) is 31.3 Å². The highest BCUT2D eigenvalue weighted by Gasteiger charge is 2.33. The lowest BCUT2D eigenvalue weighted by atomic mass is 9.80. The minimum absolute atomic E-state index is 0.0262. The molecule has 0 aromatic carbocycles. The minimum Gasteiger partial charge on any atom is -0.323 e. The summed E-state index contributed by atoms with van der Waals surface area (Å²) in [6, 6.07) is 4.13. The maximum atomic E-state index is 6.62. The maximum Gasteiger partial charge on any atom is 0.0857 e. The van der Waals surface area contributed by atoms with E-state index in [0.717, 1.165) is 23.4 Å². The van der Waals surface area contributed by atoms with Gasteiger partial charge in [0.2, 0.25) is 0 Å². The first-order valence-electron chi connectivity index (χ1n) is 7.50. The van der Waals surface area contributed by atoms with E-state index in [2.05, 4.69) is 41.4 Å². The Balaban J connectivity index is 1.97. The third kappa shape index (κ3) is 2.72. The predicted octanol–water partition coefficient (Wildman–Crippen LogP) is 3.35. The van der Waals surface area contributed by atoms with Gasteiger partial charge in [-0.25, -0.2) is 0 Å². The summed E-state index contributed by atoms with van der Waals surface area (Å²) in [5, 5.41) is 4.33. The van der Waals surface area contributed by atoms with Crippen molar-refractivity contribution in [2.24, 2.45) is 5.73 Å². The predicted molar refractivity (Wildman–Crippen MR) is 85.5 cm³/mol. The Bertz CT molecular complexity index is 629. The molecular weight excluding hydrogens is 280 g/mol. The van der Waals surface area contributed by atoms with Crippen LogP contribution in [0, 0.1) is 0 Å². The van der Waals surface area contributed by atoms with Crippen LogP contribution in [0.5, 0.6) is 0 Å². The van der Waals surface area contributed by atoms with Crippen LogP contribution in [0.2, 0.25) is 0 Å². The second-order valence-corrected chi connectivity index (χ2v) is 7.59. The van der Waals surface area contributed by atoms with Crippen LogP contribution in [-0.2, 0) is 11.8 Å². The second kappa shape index (κ2) is 5.46. The molecule has 2 unspecified atom stereocenters. The summed E-state index contributed by atoms with van der Waals surface area (Å²) in [4.78, 5) is 5.72. The number of nitrogens with two attached hydrogens (primary N) is 1.